The van der Waals surface area contributed by atoms with Crippen molar-refractivity contribution in [3.63, 3.8) is 0 Å². The summed E-state index contributed by atoms with van der Waals surface area (Å²) in [5, 5.41) is 0. The van der Waals surface area contributed by atoms with Crippen LogP contribution in [0.15, 0.2) is 33.6 Å². The number of sulfonamides is 1. The quantitative estimate of drug-likeness (QED) is 0.765. The number of rotatable bonds is 1. The van der Waals surface area contributed by atoms with Crippen molar-refractivity contribution < 1.29 is 8.42 Å². The van der Waals surface area contributed by atoms with Crippen LogP contribution in [0, 0.1) is 0 Å². The molecule has 0 aliphatic carbocycles. The van der Waals surface area contributed by atoms with E-state index in [2.05, 4.69) is 4.40 Å². The normalized spacial score (nSPS) is 18.6. The van der Waals surface area contributed by atoms with Crippen molar-refractivity contribution in [1.82, 2.24) is 0 Å². The first-order valence-corrected chi connectivity index (χ1v) is 7.55. The van der Waals surface area contributed by atoms with Gasteiger partial charge in [-0.15, -0.1) is 16.2 Å². The molecule has 0 N–H and O–H groups in total. The summed E-state index contributed by atoms with van der Waals surface area (Å²) in [6.45, 7) is 0. The molecule has 0 saturated carbocycles. The molecule has 1 aromatic rings. The summed E-state index contributed by atoms with van der Waals surface area (Å²) in [4.78, 5) is 2.98. The Morgan fingerprint density at radius 2 is 2.06 bits per heavy atom. The number of thioether (sulfide) groups is 1. The number of hydrogen-bond acceptors (Lipinski definition) is 3. The third-order valence-electron chi connectivity index (χ3n) is 2.24. The SMILES string of the molecule is CN1/C(=N\S(C)(=O)=O)CSc2ccccc21. The van der Waals surface area contributed by atoms with Gasteiger partial charge < -0.3 is 4.90 Å². The molecule has 0 fully saturated rings. The van der Waals surface area contributed by atoms with E-state index in [9.17, 15) is 8.42 Å². The Balaban J connectivity index is 2.42. The lowest BCUT2D eigenvalue weighted by molar-refractivity contribution is 0.603. The first kappa shape index (κ1) is 11.5. The summed E-state index contributed by atoms with van der Waals surface area (Å²) in [5.41, 5.74) is 1.00. The lowest BCUT2D eigenvalue weighted by Crippen LogP contribution is -2.32. The molecular weight excluding hydrogens is 244 g/mol. The van der Waals surface area contributed by atoms with Gasteiger partial charge in [0, 0.05) is 11.9 Å². The Hall–Kier alpha value is -1.01. The second-order valence-electron chi connectivity index (χ2n) is 3.56. The zero-order chi connectivity index (χ0) is 11.8. The largest absolute Gasteiger partial charge is 0.331 e. The predicted molar refractivity (Wildman–Crippen MR) is 67.8 cm³/mol. The lowest BCUT2D eigenvalue weighted by Gasteiger charge is -2.27. The number of hydrogen-bond donors (Lipinski definition) is 0. The van der Waals surface area contributed by atoms with Crippen LogP contribution < -0.4 is 4.90 Å². The summed E-state index contributed by atoms with van der Waals surface area (Å²) in [6, 6.07) is 7.88. The monoisotopic (exact) mass is 256 g/mol. The molecule has 0 unspecified atom stereocenters. The van der Waals surface area contributed by atoms with E-state index in [4.69, 9.17) is 0 Å². The molecule has 0 saturated heterocycles. The molecule has 1 heterocycles. The maximum absolute atomic E-state index is 11.1. The van der Waals surface area contributed by atoms with E-state index < -0.39 is 10.0 Å². The topological polar surface area (TPSA) is 49.7 Å². The van der Waals surface area contributed by atoms with Gasteiger partial charge in [-0.3, -0.25) is 0 Å². The number of amidine groups is 1. The van der Waals surface area contributed by atoms with Crippen molar-refractivity contribution in [2.45, 2.75) is 4.90 Å². The van der Waals surface area contributed by atoms with Crippen LogP contribution >= 0.6 is 11.8 Å². The minimum Gasteiger partial charge on any atom is -0.331 e. The maximum atomic E-state index is 11.1. The van der Waals surface area contributed by atoms with Crippen LogP contribution in [-0.4, -0.2) is 33.3 Å². The van der Waals surface area contributed by atoms with Crippen molar-refractivity contribution in [3.05, 3.63) is 24.3 Å². The summed E-state index contributed by atoms with van der Waals surface area (Å²) in [6.07, 6.45) is 1.11. The summed E-state index contributed by atoms with van der Waals surface area (Å²) in [5.74, 6) is 1.16. The van der Waals surface area contributed by atoms with Crippen LogP contribution in [-0.2, 0) is 10.0 Å². The van der Waals surface area contributed by atoms with Crippen molar-refractivity contribution in [2.75, 3.05) is 24.0 Å². The average Bonchev–Trinajstić information content (AvgIpc) is 2.21. The number of nitrogens with zero attached hydrogens (tertiary/aromatic N) is 2. The first-order chi connectivity index (χ1) is 7.47. The van der Waals surface area contributed by atoms with E-state index in [1.165, 1.54) is 0 Å². The minimum atomic E-state index is -3.33. The van der Waals surface area contributed by atoms with Crippen LogP contribution in [0.5, 0.6) is 0 Å². The van der Waals surface area contributed by atoms with Crippen LogP contribution in [0.3, 0.4) is 0 Å². The molecule has 0 radical (unpaired) electrons. The van der Waals surface area contributed by atoms with Gasteiger partial charge in [0.05, 0.1) is 17.7 Å². The molecule has 1 aliphatic rings. The predicted octanol–water partition coefficient (Wildman–Crippen LogP) is 1.59. The highest BCUT2D eigenvalue weighted by Crippen LogP contribution is 2.34. The zero-order valence-corrected chi connectivity index (χ0v) is 10.7. The van der Waals surface area contributed by atoms with Crippen LogP contribution in [0.4, 0.5) is 5.69 Å². The van der Waals surface area contributed by atoms with E-state index >= 15 is 0 Å². The Labute approximate surface area is 99.4 Å². The van der Waals surface area contributed by atoms with Gasteiger partial charge in [-0.25, -0.2) is 8.42 Å². The molecule has 0 amide bonds. The van der Waals surface area contributed by atoms with Crippen LogP contribution in [0.25, 0.3) is 0 Å². The summed E-state index contributed by atoms with van der Waals surface area (Å²) in [7, 11) is -1.49. The van der Waals surface area contributed by atoms with Crippen molar-refractivity contribution >= 4 is 33.3 Å². The maximum Gasteiger partial charge on any atom is 0.251 e. The zero-order valence-electron chi connectivity index (χ0n) is 9.04. The molecule has 2 rings (SSSR count). The smallest absolute Gasteiger partial charge is 0.251 e. The molecule has 0 bridgehead atoms. The number of benzene rings is 1. The number of para-hydroxylation sites is 1. The molecule has 0 atom stereocenters. The van der Waals surface area contributed by atoms with Crippen molar-refractivity contribution in [3.8, 4) is 0 Å². The highest BCUT2D eigenvalue weighted by atomic mass is 32.2. The second kappa shape index (κ2) is 4.10. The summed E-state index contributed by atoms with van der Waals surface area (Å²) >= 11 is 1.60. The standard InChI is InChI=1S/C10H12N2O2S2/c1-12-8-5-3-4-6-9(8)15-7-10(12)11-16(2,13)14/h3-6H,7H2,1-2H3/b11-10-. The van der Waals surface area contributed by atoms with Crippen LogP contribution in [0.2, 0.25) is 0 Å². The summed E-state index contributed by atoms with van der Waals surface area (Å²) < 4.78 is 26.0. The third kappa shape index (κ3) is 2.38. The van der Waals surface area contributed by atoms with Gasteiger partial charge >= 0.3 is 0 Å². The fourth-order valence-corrected chi connectivity index (χ4v) is 3.24. The number of fused-ring (bicyclic) bond motifs is 1. The first-order valence-electron chi connectivity index (χ1n) is 4.72. The van der Waals surface area contributed by atoms with Gasteiger partial charge in [0.25, 0.3) is 10.0 Å². The van der Waals surface area contributed by atoms with E-state index in [-0.39, 0.29) is 0 Å². The fraction of sp³-hybridized carbons (Fsp3) is 0.300. The molecule has 6 heteroatoms. The molecule has 0 aromatic heterocycles. The molecule has 86 valence electrons. The Kier molecular flexibility index (Phi) is 2.94. The van der Waals surface area contributed by atoms with E-state index in [1.807, 2.05) is 36.2 Å². The highest BCUT2D eigenvalue weighted by Gasteiger charge is 2.20. The Morgan fingerprint density at radius 3 is 2.75 bits per heavy atom. The molecule has 1 aromatic carbocycles. The Morgan fingerprint density at radius 1 is 1.38 bits per heavy atom. The van der Waals surface area contributed by atoms with Crippen molar-refractivity contribution in [1.29, 1.82) is 0 Å². The third-order valence-corrected chi connectivity index (χ3v) is 3.84. The molecule has 16 heavy (non-hydrogen) atoms. The van der Waals surface area contributed by atoms with Crippen molar-refractivity contribution in [2.24, 2.45) is 4.40 Å². The highest BCUT2D eigenvalue weighted by molar-refractivity contribution is 8.00. The van der Waals surface area contributed by atoms with Gasteiger partial charge in [0.1, 0.15) is 5.84 Å². The fourth-order valence-electron chi connectivity index (χ4n) is 1.51. The molecule has 1 aliphatic heterocycles. The number of anilines is 1. The lowest BCUT2D eigenvalue weighted by atomic mass is 10.3. The van der Waals surface area contributed by atoms with Gasteiger partial charge in [0.15, 0.2) is 0 Å². The minimum absolute atomic E-state index is 0.575. The second-order valence-corrected chi connectivity index (χ2v) is 6.22. The van der Waals surface area contributed by atoms with Crippen LogP contribution in [0.1, 0.15) is 0 Å². The van der Waals surface area contributed by atoms with E-state index in [0.717, 1.165) is 16.8 Å². The van der Waals surface area contributed by atoms with Gasteiger partial charge in [-0.2, -0.15) is 0 Å². The molecular formula is C10H12N2O2S2. The van der Waals surface area contributed by atoms with E-state index in [1.54, 1.807) is 11.8 Å². The van der Waals surface area contributed by atoms with Gasteiger partial charge in [-0.05, 0) is 12.1 Å². The van der Waals surface area contributed by atoms with E-state index in [0.29, 0.717) is 11.6 Å². The Bertz CT molecular complexity index is 538. The molecule has 0 spiro atoms. The van der Waals surface area contributed by atoms with Gasteiger partial charge in [0.2, 0.25) is 0 Å². The molecule has 4 nitrogen and oxygen atoms in total. The van der Waals surface area contributed by atoms with Gasteiger partial charge in [-0.1, -0.05) is 12.1 Å². The average molecular weight is 256 g/mol.